The summed E-state index contributed by atoms with van der Waals surface area (Å²) in [7, 11) is 1.43. The van der Waals surface area contributed by atoms with Crippen LogP contribution in [-0.4, -0.2) is 130 Å². The number of hydrogen-bond donors (Lipinski definition) is 5. The molecule has 4 heterocycles. The van der Waals surface area contributed by atoms with Gasteiger partial charge in [-0.1, -0.05) is 88.4 Å². The van der Waals surface area contributed by atoms with Crippen molar-refractivity contribution in [2.24, 2.45) is 28.8 Å². The fourth-order valence-corrected chi connectivity index (χ4v) is 8.52. The number of hydrogen-bond acceptors (Lipinski definition) is 14. The first-order valence-electron chi connectivity index (χ1n) is 21.7. The van der Waals surface area contributed by atoms with Gasteiger partial charge in [0.25, 0.3) is 11.7 Å². The van der Waals surface area contributed by atoms with Gasteiger partial charge in [-0.15, -0.1) is 0 Å². The summed E-state index contributed by atoms with van der Waals surface area (Å²) in [5.74, 6) is -8.67. The van der Waals surface area contributed by atoms with Crippen LogP contribution < -0.4 is 10.1 Å². The van der Waals surface area contributed by atoms with Gasteiger partial charge in [-0.2, -0.15) is 5.10 Å². The molecule has 1 amide bonds. The highest BCUT2D eigenvalue weighted by atomic mass is 16.7. The van der Waals surface area contributed by atoms with Crippen LogP contribution in [0.4, 0.5) is 0 Å². The van der Waals surface area contributed by atoms with Crippen molar-refractivity contribution in [1.29, 1.82) is 0 Å². The van der Waals surface area contributed by atoms with Gasteiger partial charge in [0.15, 0.2) is 5.78 Å². The van der Waals surface area contributed by atoms with E-state index in [1.165, 1.54) is 52.5 Å². The second-order valence-electron chi connectivity index (χ2n) is 17.3. The Hall–Kier alpha value is -5.71. The maximum absolute atomic E-state index is 14.8. The SMILES string of the molecule is CO[C@H]1/C=C/O[C@@]2(C)Oc3c(C)c(O)c4c(c3C2=O)C(=O)C(/C=N/N2CCN(C/C=C/c3ccccc3)CC2)=C(NC(=O)/C(C)=C\C=C\[C@H](C)[C@H](O)[C@@H](C)[C@@H](O)[C@H](C)[C@H](O)[C@@H]1C)C4=O. The molecule has 5 bridgehead atoms. The standard InChI is InChI=1S/C49H60N4O11/c1-27-14-12-15-28(2)48(61)51-39-34(26-50-53-23-21-52(22-24-53)20-13-18-33-16-10-9-11-17-33)44(58)36-37(45(39)59)43(57)32(6)46-38(36)47(60)49(7,64-46)63-25-19-35(62-8)29(3)41(55)31(5)42(56)30(4)40(27)54/h9-19,25-27,29-31,35,40-42,54-57H,20-24H2,1-8H3,(H,51,61)/b14-12+,18-13+,25-19+,28-15-,50-26+/t27-,29+,30+,31+,35-,40-,41+,42+,49-/m0/s1. The minimum atomic E-state index is -2.08. The monoisotopic (exact) mass is 880 g/mol. The summed E-state index contributed by atoms with van der Waals surface area (Å²) in [6.45, 7) is 14.1. The van der Waals surface area contributed by atoms with Crippen molar-refractivity contribution < 1.29 is 53.8 Å². The van der Waals surface area contributed by atoms with E-state index in [9.17, 15) is 39.6 Å². The lowest BCUT2D eigenvalue weighted by molar-refractivity contribution is -0.116. The van der Waals surface area contributed by atoms with Crippen molar-refractivity contribution in [2.75, 3.05) is 39.8 Å². The quantitative estimate of drug-likeness (QED) is 0.249. The molecule has 2 aromatic rings. The minimum absolute atomic E-state index is 0.00448. The zero-order chi connectivity index (χ0) is 46.6. The zero-order valence-corrected chi connectivity index (χ0v) is 37.6. The number of nitrogens with one attached hydrogen (secondary N) is 1. The molecule has 9 atom stereocenters. The summed E-state index contributed by atoms with van der Waals surface area (Å²) in [5.41, 5.74) is -0.684. The molecule has 342 valence electrons. The number of phenolic OH excluding ortho intramolecular Hbond substituents is 1. The number of fused-ring (bicyclic) bond motifs is 14. The van der Waals surface area contributed by atoms with Gasteiger partial charge in [0.2, 0.25) is 5.78 Å². The Morgan fingerprint density at radius 2 is 1.53 bits per heavy atom. The lowest BCUT2D eigenvalue weighted by Gasteiger charge is -2.36. The van der Waals surface area contributed by atoms with E-state index >= 15 is 0 Å². The predicted molar refractivity (Wildman–Crippen MR) is 241 cm³/mol. The number of carbonyl (C=O) groups is 4. The molecule has 1 aliphatic carbocycles. The lowest BCUT2D eigenvalue weighted by atomic mass is 9.78. The van der Waals surface area contributed by atoms with Crippen molar-refractivity contribution in [2.45, 2.75) is 78.7 Å². The van der Waals surface area contributed by atoms with E-state index in [1.807, 2.05) is 30.3 Å². The van der Waals surface area contributed by atoms with Crippen molar-refractivity contribution >= 4 is 35.5 Å². The number of allylic oxidation sites excluding steroid dienone is 4. The number of ether oxygens (including phenoxy) is 3. The summed E-state index contributed by atoms with van der Waals surface area (Å²) in [4.78, 5) is 59.8. The molecular weight excluding hydrogens is 821 g/mol. The van der Waals surface area contributed by atoms with Crippen LogP contribution in [0.3, 0.4) is 0 Å². The first-order valence-corrected chi connectivity index (χ1v) is 21.7. The minimum Gasteiger partial charge on any atom is -0.507 e. The second kappa shape index (κ2) is 20.0. The van der Waals surface area contributed by atoms with Gasteiger partial charge in [-0.05, 0) is 25.5 Å². The molecule has 0 spiro atoms. The number of aliphatic hydroxyl groups is 3. The van der Waals surface area contributed by atoms with Crippen LogP contribution in [0.1, 0.15) is 83.7 Å². The number of benzene rings is 2. The molecule has 0 radical (unpaired) electrons. The highest BCUT2D eigenvalue weighted by Crippen LogP contribution is 2.48. The number of rotatable bonds is 6. The van der Waals surface area contributed by atoms with Gasteiger partial charge in [-0.25, -0.2) is 0 Å². The Bertz CT molecular complexity index is 2310. The molecule has 15 nitrogen and oxygen atoms in total. The van der Waals surface area contributed by atoms with Gasteiger partial charge >= 0.3 is 5.79 Å². The van der Waals surface area contributed by atoms with Crippen LogP contribution in [0.25, 0.3) is 6.08 Å². The molecule has 0 aromatic heterocycles. The molecule has 5 aliphatic rings. The Kier molecular flexibility index (Phi) is 14.9. The van der Waals surface area contributed by atoms with E-state index in [0.29, 0.717) is 26.2 Å². The number of methoxy groups -OCH3 is 1. The summed E-state index contributed by atoms with van der Waals surface area (Å²) < 4.78 is 17.7. The largest absolute Gasteiger partial charge is 0.507 e. The average Bonchev–Trinajstić information content (AvgIpc) is 3.55. The van der Waals surface area contributed by atoms with E-state index < -0.39 is 99.7 Å². The van der Waals surface area contributed by atoms with Crippen molar-refractivity contribution in [3.8, 4) is 11.5 Å². The topological polar surface area (TPSA) is 208 Å². The van der Waals surface area contributed by atoms with Crippen LogP contribution >= 0.6 is 0 Å². The van der Waals surface area contributed by atoms with Crippen LogP contribution in [0.15, 0.2) is 88.9 Å². The Morgan fingerprint density at radius 1 is 0.875 bits per heavy atom. The predicted octanol–water partition coefficient (Wildman–Crippen LogP) is 4.75. The number of Topliss-reactive ketones (excluding diaryl/α,β-unsaturated/α-hetero) is 3. The zero-order valence-electron chi connectivity index (χ0n) is 37.6. The molecule has 0 saturated carbocycles. The maximum atomic E-state index is 14.8. The fraction of sp³-hybridized carbons (Fsp3) is 0.449. The number of phenols is 1. The van der Waals surface area contributed by atoms with Crippen LogP contribution in [0.5, 0.6) is 11.5 Å². The highest BCUT2D eigenvalue weighted by molar-refractivity contribution is 6.37. The van der Waals surface area contributed by atoms with Crippen LogP contribution in [0, 0.1) is 30.6 Å². The van der Waals surface area contributed by atoms with E-state index in [4.69, 9.17) is 14.2 Å². The number of carbonyl (C=O) groups excluding carboxylic acids is 4. The van der Waals surface area contributed by atoms with Crippen molar-refractivity contribution in [1.82, 2.24) is 15.2 Å². The average molecular weight is 881 g/mol. The lowest BCUT2D eigenvalue weighted by Crippen LogP contribution is -2.45. The Labute approximate surface area is 374 Å². The highest BCUT2D eigenvalue weighted by Gasteiger charge is 2.52. The summed E-state index contributed by atoms with van der Waals surface area (Å²) >= 11 is 0. The molecule has 1 saturated heterocycles. The van der Waals surface area contributed by atoms with Crippen molar-refractivity contribution in [3.63, 3.8) is 0 Å². The summed E-state index contributed by atoms with van der Waals surface area (Å²) in [6.07, 6.45) is 8.64. The van der Waals surface area contributed by atoms with Crippen LogP contribution in [0.2, 0.25) is 0 Å². The van der Waals surface area contributed by atoms with Gasteiger partial charge in [-0.3, -0.25) is 29.1 Å². The number of hydrazone groups is 1. The Morgan fingerprint density at radius 3 is 2.20 bits per heavy atom. The normalized spacial score (nSPS) is 31.8. The van der Waals surface area contributed by atoms with Crippen molar-refractivity contribution in [3.05, 3.63) is 112 Å². The number of nitrogens with zero attached hydrogens (tertiary/aromatic N) is 3. The van der Waals surface area contributed by atoms with E-state index in [1.54, 1.807) is 44.9 Å². The number of ketones is 3. The summed E-state index contributed by atoms with van der Waals surface area (Å²) in [6, 6.07) is 9.98. The molecule has 2 aromatic carbocycles. The van der Waals surface area contributed by atoms with Gasteiger partial charge in [0.05, 0.1) is 59.2 Å². The molecule has 7 rings (SSSR count). The molecule has 64 heavy (non-hydrogen) atoms. The molecular formula is C49H60N4O11. The third-order valence-electron chi connectivity index (χ3n) is 12.9. The molecule has 0 unspecified atom stereocenters. The molecule has 4 aliphatic heterocycles. The van der Waals surface area contributed by atoms with Gasteiger partial charge < -0.3 is 40.0 Å². The first kappa shape index (κ1) is 47.8. The third-order valence-corrected chi connectivity index (χ3v) is 12.9. The fourth-order valence-electron chi connectivity index (χ4n) is 8.52. The Balaban J connectivity index is 1.38. The van der Waals surface area contributed by atoms with E-state index in [0.717, 1.165) is 12.1 Å². The third kappa shape index (κ3) is 9.69. The number of aliphatic hydroxyl groups excluding tert-OH is 3. The van der Waals surface area contributed by atoms with Gasteiger partial charge in [0, 0.05) is 81.6 Å². The number of aromatic hydroxyl groups is 1. The van der Waals surface area contributed by atoms with E-state index in [-0.39, 0.29) is 28.0 Å². The molecule has 15 heteroatoms. The number of piperazine rings is 1. The summed E-state index contributed by atoms with van der Waals surface area (Å²) in [5, 5.41) is 54.4. The van der Waals surface area contributed by atoms with Crippen LogP contribution in [-0.2, 0) is 14.3 Å². The molecule has 5 N–H and O–H groups in total. The molecule has 1 fully saturated rings. The number of amides is 1. The van der Waals surface area contributed by atoms with Gasteiger partial charge in [0.1, 0.15) is 17.2 Å². The first-order chi connectivity index (χ1) is 30.4. The van der Waals surface area contributed by atoms with E-state index in [2.05, 4.69) is 27.5 Å². The maximum Gasteiger partial charge on any atom is 0.312 e. The smallest absolute Gasteiger partial charge is 0.312 e. The second-order valence-corrected chi connectivity index (χ2v) is 17.3.